The van der Waals surface area contributed by atoms with E-state index >= 15 is 0 Å². The van der Waals surface area contributed by atoms with Crippen molar-refractivity contribution in [3.8, 4) is 0 Å². The van der Waals surface area contributed by atoms with Crippen LogP contribution in [0.1, 0.15) is 11.3 Å². The smallest absolute Gasteiger partial charge is 0.258 e. The zero-order valence-corrected chi connectivity index (χ0v) is 14.0. The zero-order valence-electron chi connectivity index (χ0n) is 13.2. The van der Waals surface area contributed by atoms with Crippen molar-refractivity contribution in [1.29, 1.82) is 0 Å². The second-order valence-electron chi connectivity index (χ2n) is 5.37. The quantitative estimate of drug-likeness (QED) is 0.776. The first-order valence-electron chi connectivity index (χ1n) is 7.54. The number of anilines is 1. The van der Waals surface area contributed by atoms with Gasteiger partial charge < -0.3 is 5.32 Å². The van der Waals surface area contributed by atoms with Crippen LogP contribution >= 0.6 is 11.8 Å². The predicted octanol–water partition coefficient (Wildman–Crippen LogP) is 2.87. The van der Waals surface area contributed by atoms with E-state index in [0.717, 1.165) is 11.3 Å². The fourth-order valence-corrected chi connectivity index (χ4v) is 3.04. The summed E-state index contributed by atoms with van der Waals surface area (Å²) in [6, 6.07) is 14.6. The van der Waals surface area contributed by atoms with E-state index in [0.29, 0.717) is 22.8 Å². The van der Waals surface area contributed by atoms with Crippen molar-refractivity contribution in [3.05, 3.63) is 76.3 Å². The van der Waals surface area contributed by atoms with Crippen LogP contribution < -0.4 is 10.9 Å². The fourth-order valence-electron chi connectivity index (χ4n) is 2.32. The van der Waals surface area contributed by atoms with Crippen molar-refractivity contribution in [2.45, 2.75) is 12.7 Å². The Kier molecular flexibility index (Phi) is 4.96. The summed E-state index contributed by atoms with van der Waals surface area (Å²) in [5, 5.41) is 2.89. The topological polar surface area (TPSA) is 63.5 Å². The minimum absolute atomic E-state index is 0.0631. The lowest BCUT2D eigenvalue weighted by molar-refractivity contribution is -0.113. The number of hydrogen-bond donors (Lipinski definition) is 1. The van der Waals surface area contributed by atoms with E-state index in [4.69, 9.17) is 0 Å². The van der Waals surface area contributed by atoms with Gasteiger partial charge in [-0.05, 0) is 30.7 Å². The number of para-hydroxylation sites is 1. The summed E-state index contributed by atoms with van der Waals surface area (Å²) >= 11 is 1.43. The highest BCUT2D eigenvalue weighted by atomic mass is 32.2. The van der Waals surface area contributed by atoms with Crippen molar-refractivity contribution in [3.63, 3.8) is 0 Å². The molecule has 0 aliphatic heterocycles. The van der Waals surface area contributed by atoms with Gasteiger partial charge in [0.2, 0.25) is 5.91 Å². The molecule has 0 unspecified atom stereocenters. The van der Waals surface area contributed by atoms with Crippen molar-refractivity contribution in [2.75, 3.05) is 11.1 Å². The lowest BCUT2D eigenvalue weighted by Gasteiger charge is -2.08. The van der Waals surface area contributed by atoms with Crippen LogP contribution in [-0.2, 0) is 10.5 Å². The van der Waals surface area contributed by atoms with Crippen LogP contribution in [0.4, 0.5) is 5.69 Å². The van der Waals surface area contributed by atoms with Gasteiger partial charge in [-0.25, -0.2) is 4.98 Å². The molecule has 0 fully saturated rings. The molecule has 24 heavy (non-hydrogen) atoms. The number of aromatic nitrogens is 2. The van der Waals surface area contributed by atoms with Gasteiger partial charge in [0.25, 0.3) is 5.56 Å². The molecule has 0 radical (unpaired) electrons. The van der Waals surface area contributed by atoms with Crippen LogP contribution in [0.5, 0.6) is 0 Å². The van der Waals surface area contributed by atoms with Crippen LogP contribution in [0, 0.1) is 6.92 Å². The Hall–Kier alpha value is -2.60. The van der Waals surface area contributed by atoms with Gasteiger partial charge in [0.1, 0.15) is 5.65 Å². The zero-order chi connectivity index (χ0) is 16.9. The Morgan fingerprint density at radius 2 is 2.00 bits per heavy atom. The maximum atomic E-state index is 12.0. The molecule has 1 amide bonds. The summed E-state index contributed by atoms with van der Waals surface area (Å²) in [6.45, 7) is 1.95. The number of aryl methyl sites for hydroxylation is 1. The lowest BCUT2D eigenvalue weighted by atomic mass is 10.2. The van der Waals surface area contributed by atoms with E-state index in [2.05, 4.69) is 10.3 Å². The first-order valence-corrected chi connectivity index (χ1v) is 8.69. The van der Waals surface area contributed by atoms with Crippen molar-refractivity contribution in [2.24, 2.45) is 0 Å². The molecule has 6 heteroatoms. The highest BCUT2D eigenvalue weighted by molar-refractivity contribution is 7.99. The summed E-state index contributed by atoms with van der Waals surface area (Å²) in [7, 11) is 0. The van der Waals surface area contributed by atoms with Gasteiger partial charge in [-0.3, -0.25) is 14.0 Å². The first kappa shape index (κ1) is 16.3. The van der Waals surface area contributed by atoms with Crippen molar-refractivity contribution in [1.82, 2.24) is 9.38 Å². The number of amides is 1. The van der Waals surface area contributed by atoms with E-state index in [1.807, 2.05) is 37.3 Å². The first-order chi connectivity index (χ1) is 11.6. The Bertz CT molecular complexity index is 937. The Morgan fingerprint density at radius 3 is 2.83 bits per heavy atom. The molecule has 0 spiro atoms. The maximum absolute atomic E-state index is 12.0. The van der Waals surface area contributed by atoms with E-state index < -0.39 is 0 Å². The molecule has 3 aromatic rings. The second-order valence-corrected chi connectivity index (χ2v) is 6.36. The summed E-state index contributed by atoms with van der Waals surface area (Å²) in [5.41, 5.74) is 3.04. The van der Waals surface area contributed by atoms with Gasteiger partial charge in [0.15, 0.2) is 0 Å². The third kappa shape index (κ3) is 3.83. The van der Waals surface area contributed by atoms with Crippen LogP contribution in [0.2, 0.25) is 0 Å². The van der Waals surface area contributed by atoms with Gasteiger partial charge in [-0.2, -0.15) is 0 Å². The molecular weight excluding hydrogens is 322 g/mol. The van der Waals surface area contributed by atoms with Gasteiger partial charge >= 0.3 is 0 Å². The molecule has 2 aromatic heterocycles. The predicted molar refractivity (Wildman–Crippen MR) is 97.4 cm³/mol. The lowest BCUT2D eigenvalue weighted by Crippen LogP contribution is -2.16. The van der Waals surface area contributed by atoms with Crippen LogP contribution in [0.25, 0.3) is 5.65 Å². The van der Waals surface area contributed by atoms with Gasteiger partial charge in [0.05, 0.1) is 11.4 Å². The molecule has 0 saturated carbocycles. The summed E-state index contributed by atoms with van der Waals surface area (Å²) < 4.78 is 1.50. The molecule has 1 aromatic carbocycles. The van der Waals surface area contributed by atoms with Gasteiger partial charge in [-0.1, -0.05) is 24.3 Å². The summed E-state index contributed by atoms with van der Waals surface area (Å²) in [6.07, 6.45) is 1.69. The number of fused-ring (bicyclic) bond motifs is 1. The number of nitrogens with zero attached hydrogens (tertiary/aromatic N) is 2. The molecule has 122 valence electrons. The molecule has 0 aliphatic carbocycles. The standard InChI is InChI=1S/C18H17N3O2S/c1-13-6-2-3-7-15(13)20-17(22)12-24-11-14-10-18(23)21-9-5-4-8-16(21)19-14/h2-10H,11-12H2,1H3,(H,20,22). The number of rotatable bonds is 5. The van der Waals surface area contributed by atoms with Crippen molar-refractivity contribution < 1.29 is 4.79 Å². The minimum atomic E-state index is -0.111. The number of pyridine rings is 1. The summed E-state index contributed by atoms with van der Waals surface area (Å²) in [5.74, 6) is 0.762. The largest absolute Gasteiger partial charge is 0.325 e. The van der Waals surface area contributed by atoms with Gasteiger partial charge in [0, 0.05) is 23.7 Å². The van der Waals surface area contributed by atoms with E-state index in [1.165, 1.54) is 22.2 Å². The third-order valence-electron chi connectivity index (χ3n) is 3.53. The highest BCUT2D eigenvalue weighted by Gasteiger charge is 2.06. The molecule has 0 atom stereocenters. The van der Waals surface area contributed by atoms with Gasteiger partial charge in [-0.15, -0.1) is 11.8 Å². The number of nitrogens with one attached hydrogen (secondary N) is 1. The van der Waals surface area contributed by atoms with Crippen LogP contribution in [0.15, 0.2) is 59.5 Å². The average molecular weight is 339 g/mol. The van der Waals surface area contributed by atoms with Crippen LogP contribution in [-0.4, -0.2) is 21.0 Å². The molecule has 2 heterocycles. The molecule has 1 N–H and O–H groups in total. The minimum Gasteiger partial charge on any atom is -0.325 e. The maximum Gasteiger partial charge on any atom is 0.258 e. The Morgan fingerprint density at radius 1 is 1.21 bits per heavy atom. The molecule has 0 saturated heterocycles. The molecule has 5 nitrogen and oxygen atoms in total. The number of benzene rings is 1. The molecule has 3 rings (SSSR count). The average Bonchev–Trinajstić information content (AvgIpc) is 2.57. The Balaban J connectivity index is 1.59. The SMILES string of the molecule is Cc1ccccc1NC(=O)CSCc1cc(=O)n2ccccc2n1. The Labute approximate surface area is 143 Å². The van der Waals surface area contributed by atoms with E-state index in [1.54, 1.807) is 18.3 Å². The molecular formula is C18H17N3O2S. The second kappa shape index (κ2) is 7.31. The monoisotopic (exact) mass is 339 g/mol. The van der Waals surface area contributed by atoms with Crippen LogP contribution in [0.3, 0.4) is 0 Å². The number of hydrogen-bond acceptors (Lipinski definition) is 4. The molecule has 0 aliphatic rings. The highest BCUT2D eigenvalue weighted by Crippen LogP contribution is 2.15. The number of thioether (sulfide) groups is 1. The summed E-state index contributed by atoms with van der Waals surface area (Å²) in [4.78, 5) is 28.5. The third-order valence-corrected chi connectivity index (χ3v) is 4.49. The molecule has 0 bridgehead atoms. The van der Waals surface area contributed by atoms with E-state index in [-0.39, 0.29) is 11.5 Å². The fraction of sp³-hybridized carbons (Fsp3) is 0.167. The van der Waals surface area contributed by atoms with E-state index in [9.17, 15) is 9.59 Å². The number of carbonyl (C=O) groups excluding carboxylic acids is 1. The normalized spacial score (nSPS) is 10.7. The number of carbonyl (C=O) groups is 1. The van der Waals surface area contributed by atoms with Crippen molar-refractivity contribution >= 4 is 29.0 Å².